The summed E-state index contributed by atoms with van der Waals surface area (Å²) < 4.78 is 0. The fraction of sp³-hybridized carbons (Fsp3) is 0.500. The van der Waals surface area contributed by atoms with Gasteiger partial charge in [-0.2, -0.15) is 0 Å². The Labute approximate surface area is 127 Å². The van der Waals surface area contributed by atoms with Crippen LogP contribution in [0.15, 0.2) is 18.2 Å². The molecule has 21 heavy (non-hydrogen) atoms. The zero-order chi connectivity index (χ0) is 15.4. The lowest BCUT2D eigenvalue weighted by atomic mass is 10.1. The van der Waals surface area contributed by atoms with Crippen LogP contribution in [0.5, 0.6) is 0 Å². The van der Waals surface area contributed by atoms with Crippen molar-refractivity contribution in [3.8, 4) is 0 Å². The van der Waals surface area contributed by atoms with E-state index in [0.29, 0.717) is 13.0 Å². The van der Waals surface area contributed by atoms with Crippen LogP contribution in [-0.4, -0.2) is 40.0 Å². The summed E-state index contributed by atoms with van der Waals surface area (Å²) in [5, 5.41) is 20.8. The van der Waals surface area contributed by atoms with Gasteiger partial charge in [0.1, 0.15) is 5.56 Å². The van der Waals surface area contributed by atoms with Gasteiger partial charge in [0.15, 0.2) is 0 Å². The van der Waals surface area contributed by atoms with Crippen molar-refractivity contribution in [2.75, 3.05) is 13.2 Å². The summed E-state index contributed by atoms with van der Waals surface area (Å²) in [7, 11) is 0. The molecule has 1 N–H and O–H groups in total. The van der Waals surface area contributed by atoms with Gasteiger partial charge in [0, 0.05) is 17.6 Å². The maximum atomic E-state index is 12.6. The number of aliphatic hydroxyl groups is 1. The minimum atomic E-state index is -0.606. The second kappa shape index (κ2) is 6.87. The summed E-state index contributed by atoms with van der Waals surface area (Å²) in [5.41, 5.74) is -0.279. The number of nitrogens with zero attached hydrogens (tertiary/aromatic N) is 2. The number of rotatable bonds is 3. The van der Waals surface area contributed by atoms with E-state index < -0.39 is 10.8 Å². The number of carbonyl (C=O) groups excluding carboxylic acids is 1. The SMILES string of the molecule is O=C(c1ccc(Cl)cc1[N+](=O)[O-])N1CCCCCC1CO. The second-order valence-corrected chi connectivity index (χ2v) is 5.54. The van der Waals surface area contributed by atoms with Crippen molar-refractivity contribution in [1.82, 2.24) is 4.90 Å². The highest BCUT2D eigenvalue weighted by atomic mass is 35.5. The molecule has 1 unspecified atom stereocenters. The molecule has 1 aliphatic heterocycles. The Kier molecular flexibility index (Phi) is 5.14. The van der Waals surface area contributed by atoms with E-state index >= 15 is 0 Å². The minimum absolute atomic E-state index is 0.0183. The van der Waals surface area contributed by atoms with Crippen molar-refractivity contribution in [3.63, 3.8) is 0 Å². The van der Waals surface area contributed by atoms with Crippen LogP contribution in [-0.2, 0) is 0 Å². The summed E-state index contributed by atoms with van der Waals surface area (Å²) in [6.45, 7) is 0.372. The number of benzene rings is 1. The largest absolute Gasteiger partial charge is 0.394 e. The van der Waals surface area contributed by atoms with E-state index in [1.54, 1.807) is 4.90 Å². The molecule has 1 fully saturated rings. The molecule has 0 saturated carbocycles. The fourth-order valence-electron chi connectivity index (χ4n) is 2.63. The monoisotopic (exact) mass is 312 g/mol. The summed E-state index contributed by atoms with van der Waals surface area (Å²) >= 11 is 5.76. The summed E-state index contributed by atoms with van der Waals surface area (Å²) in [5.74, 6) is -0.417. The Morgan fingerprint density at radius 2 is 2.19 bits per heavy atom. The van der Waals surface area contributed by atoms with Crippen LogP contribution in [0, 0.1) is 10.1 Å². The topological polar surface area (TPSA) is 83.7 Å². The molecule has 1 heterocycles. The number of hydrogen-bond donors (Lipinski definition) is 1. The Morgan fingerprint density at radius 1 is 1.43 bits per heavy atom. The summed E-state index contributed by atoms with van der Waals surface area (Å²) in [6.07, 6.45) is 3.48. The van der Waals surface area contributed by atoms with Crippen LogP contribution in [0.1, 0.15) is 36.0 Å². The number of nitro benzene ring substituents is 1. The lowest BCUT2D eigenvalue weighted by molar-refractivity contribution is -0.385. The van der Waals surface area contributed by atoms with Crippen molar-refractivity contribution in [3.05, 3.63) is 38.9 Å². The molecular weight excluding hydrogens is 296 g/mol. The first kappa shape index (κ1) is 15.7. The minimum Gasteiger partial charge on any atom is -0.394 e. The van der Waals surface area contributed by atoms with Crippen molar-refractivity contribution in [2.24, 2.45) is 0 Å². The molecule has 6 nitrogen and oxygen atoms in total. The highest BCUT2D eigenvalue weighted by Crippen LogP contribution is 2.27. The smallest absolute Gasteiger partial charge is 0.283 e. The summed E-state index contributed by atoms with van der Waals surface area (Å²) in [6, 6.07) is 3.74. The van der Waals surface area contributed by atoms with Crippen LogP contribution in [0.25, 0.3) is 0 Å². The van der Waals surface area contributed by atoms with Gasteiger partial charge in [0.05, 0.1) is 17.6 Å². The van der Waals surface area contributed by atoms with E-state index in [1.165, 1.54) is 18.2 Å². The van der Waals surface area contributed by atoms with E-state index in [-0.39, 0.29) is 28.9 Å². The number of aliphatic hydroxyl groups excluding tert-OH is 1. The molecule has 0 aliphatic carbocycles. The normalized spacial score (nSPS) is 19.1. The highest BCUT2D eigenvalue weighted by Gasteiger charge is 2.30. The maximum Gasteiger partial charge on any atom is 0.283 e. The molecule has 1 aliphatic rings. The molecule has 0 bridgehead atoms. The highest BCUT2D eigenvalue weighted by molar-refractivity contribution is 6.31. The van der Waals surface area contributed by atoms with Gasteiger partial charge < -0.3 is 10.0 Å². The van der Waals surface area contributed by atoms with Crippen molar-refractivity contribution in [1.29, 1.82) is 0 Å². The first-order valence-corrected chi connectivity index (χ1v) is 7.28. The average molecular weight is 313 g/mol. The molecule has 1 aromatic carbocycles. The van der Waals surface area contributed by atoms with Gasteiger partial charge in [-0.3, -0.25) is 14.9 Å². The first-order chi connectivity index (χ1) is 10.0. The standard InChI is InChI=1S/C14H17ClN2O4/c15-10-5-6-12(13(8-10)17(20)21)14(19)16-7-3-1-2-4-11(16)9-18/h5-6,8,11,18H,1-4,7,9H2. The number of likely N-dealkylation sites (tertiary alicyclic amines) is 1. The van der Waals surface area contributed by atoms with Gasteiger partial charge in [0.2, 0.25) is 0 Å². The molecule has 0 aromatic heterocycles. The predicted octanol–water partition coefficient (Wildman–Crippen LogP) is 2.63. The number of amides is 1. The van der Waals surface area contributed by atoms with E-state index in [1.807, 2.05) is 0 Å². The molecule has 114 valence electrons. The second-order valence-electron chi connectivity index (χ2n) is 5.10. The van der Waals surface area contributed by atoms with Gasteiger partial charge in [0.25, 0.3) is 11.6 Å². The molecule has 1 saturated heterocycles. The average Bonchev–Trinajstić information content (AvgIpc) is 2.71. The quantitative estimate of drug-likeness (QED) is 0.687. The van der Waals surface area contributed by atoms with Gasteiger partial charge in [-0.25, -0.2) is 0 Å². The molecule has 1 aromatic rings. The zero-order valence-electron chi connectivity index (χ0n) is 11.5. The molecule has 0 spiro atoms. The molecule has 1 amide bonds. The van der Waals surface area contributed by atoms with Crippen molar-refractivity contribution >= 4 is 23.2 Å². The Balaban J connectivity index is 2.36. The fourth-order valence-corrected chi connectivity index (χ4v) is 2.79. The number of hydrogen-bond acceptors (Lipinski definition) is 4. The predicted molar refractivity (Wildman–Crippen MR) is 78.5 cm³/mol. The van der Waals surface area contributed by atoms with Crippen molar-refractivity contribution in [2.45, 2.75) is 31.7 Å². The van der Waals surface area contributed by atoms with E-state index in [9.17, 15) is 20.0 Å². The third-order valence-electron chi connectivity index (χ3n) is 3.74. The van der Waals surface area contributed by atoms with Gasteiger partial charge in [-0.15, -0.1) is 0 Å². The van der Waals surface area contributed by atoms with Crippen LogP contribution in [0.3, 0.4) is 0 Å². The molecule has 7 heteroatoms. The number of halogens is 1. The Hall–Kier alpha value is -1.66. The van der Waals surface area contributed by atoms with Gasteiger partial charge in [-0.05, 0) is 25.0 Å². The first-order valence-electron chi connectivity index (χ1n) is 6.90. The van der Waals surface area contributed by atoms with Crippen LogP contribution in [0.4, 0.5) is 5.69 Å². The van der Waals surface area contributed by atoms with Crippen LogP contribution < -0.4 is 0 Å². The lowest BCUT2D eigenvalue weighted by Gasteiger charge is -2.28. The third-order valence-corrected chi connectivity index (χ3v) is 3.97. The maximum absolute atomic E-state index is 12.6. The van der Waals surface area contributed by atoms with E-state index in [4.69, 9.17) is 11.6 Å². The lowest BCUT2D eigenvalue weighted by Crippen LogP contribution is -2.42. The summed E-state index contributed by atoms with van der Waals surface area (Å²) in [4.78, 5) is 24.7. The van der Waals surface area contributed by atoms with E-state index in [2.05, 4.69) is 0 Å². The Bertz CT molecular complexity index is 550. The van der Waals surface area contributed by atoms with Crippen LogP contribution >= 0.6 is 11.6 Å². The van der Waals surface area contributed by atoms with Crippen LogP contribution in [0.2, 0.25) is 5.02 Å². The molecule has 1 atom stereocenters. The Morgan fingerprint density at radius 3 is 2.86 bits per heavy atom. The molecular formula is C14H17ClN2O4. The van der Waals surface area contributed by atoms with Gasteiger partial charge in [-0.1, -0.05) is 24.4 Å². The molecule has 0 radical (unpaired) electrons. The van der Waals surface area contributed by atoms with Crippen molar-refractivity contribution < 1.29 is 14.8 Å². The van der Waals surface area contributed by atoms with E-state index in [0.717, 1.165) is 19.3 Å². The number of carbonyl (C=O) groups is 1. The number of nitro groups is 1. The zero-order valence-corrected chi connectivity index (χ0v) is 12.3. The van der Waals surface area contributed by atoms with Gasteiger partial charge >= 0.3 is 0 Å². The molecule has 2 rings (SSSR count). The third kappa shape index (κ3) is 3.51.